The molecule has 0 aliphatic heterocycles. The topological polar surface area (TPSA) is 42.0 Å². The van der Waals surface area contributed by atoms with Crippen molar-refractivity contribution in [2.45, 2.75) is 6.92 Å². The van der Waals surface area contributed by atoms with Gasteiger partial charge in [-0.2, -0.15) is 0 Å². The van der Waals surface area contributed by atoms with Crippen LogP contribution >= 0.6 is 34.3 Å². The predicted molar refractivity (Wildman–Crippen MR) is 125 cm³/mol. The fraction of sp³-hybridized carbons (Fsp3) is 0.0435. The van der Waals surface area contributed by atoms with E-state index in [1.807, 2.05) is 54.6 Å². The maximum Gasteiger partial charge on any atom is 0.267 e. The van der Waals surface area contributed by atoms with Crippen LogP contribution in [0.25, 0.3) is 30.9 Å². The molecule has 3 nitrogen and oxygen atoms in total. The highest BCUT2D eigenvalue weighted by Crippen LogP contribution is 2.36. The molecule has 0 aliphatic carbocycles. The molecule has 5 aromatic rings. The Kier molecular flexibility index (Phi) is 4.59. The van der Waals surface area contributed by atoms with E-state index in [0.29, 0.717) is 9.90 Å². The third-order valence-corrected chi connectivity index (χ3v) is 7.42. The van der Waals surface area contributed by atoms with Crippen molar-refractivity contribution < 1.29 is 4.79 Å². The molecule has 6 heteroatoms. The Morgan fingerprint density at radius 3 is 2.55 bits per heavy atom. The van der Waals surface area contributed by atoms with Gasteiger partial charge in [0.25, 0.3) is 5.91 Å². The van der Waals surface area contributed by atoms with Crippen molar-refractivity contribution in [2.24, 2.45) is 0 Å². The van der Waals surface area contributed by atoms with E-state index in [2.05, 4.69) is 24.4 Å². The quantitative estimate of drug-likeness (QED) is 0.321. The molecule has 0 spiro atoms. The van der Waals surface area contributed by atoms with Crippen molar-refractivity contribution in [1.29, 1.82) is 0 Å². The van der Waals surface area contributed by atoms with Gasteiger partial charge in [-0.3, -0.25) is 4.79 Å². The fourth-order valence-corrected chi connectivity index (χ4v) is 5.68. The van der Waals surface area contributed by atoms with Crippen LogP contribution in [0.3, 0.4) is 0 Å². The molecule has 0 aliphatic rings. The van der Waals surface area contributed by atoms with Crippen molar-refractivity contribution in [3.63, 3.8) is 0 Å². The van der Waals surface area contributed by atoms with E-state index in [1.165, 1.54) is 21.6 Å². The first-order valence-corrected chi connectivity index (χ1v) is 11.1. The summed E-state index contributed by atoms with van der Waals surface area (Å²) < 4.78 is 2.18. The number of fused-ring (bicyclic) bond motifs is 2. The lowest BCUT2D eigenvalue weighted by atomic mass is 10.2. The van der Waals surface area contributed by atoms with Gasteiger partial charge in [-0.15, -0.1) is 22.7 Å². The van der Waals surface area contributed by atoms with Gasteiger partial charge >= 0.3 is 0 Å². The Bertz CT molecular complexity index is 1370. The average molecular weight is 435 g/mol. The molecular weight excluding hydrogens is 420 g/mol. The van der Waals surface area contributed by atoms with Gasteiger partial charge in [0.05, 0.1) is 15.2 Å². The molecule has 0 unspecified atom stereocenters. The van der Waals surface area contributed by atoms with Crippen LogP contribution < -0.4 is 5.32 Å². The van der Waals surface area contributed by atoms with Gasteiger partial charge in [0.1, 0.15) is 9.88 Å². The second-order valence-corrected chi connectivity index (χ2v) is 9.22. The number of benzene rings is 3. The molecule has 2 heterocycles. The molecule has 0 saturated heterocycles. The molecule has 5 rings (SSSR count). The number of nitrogens with one attached hydrogen (secondary N) is 1. The molecule has 3 aromatic carbocycles. The van der Waals surface area contributed by atoms with Gasteiger partial charge in [-0.05, 0) is 55.0 Å². The first kappa shape index (κ1) is 18.3. The zero-order valence-electron chi connectivity index (χ0n) is 15.4. The molecule has 1 N–H and O–H groups in total. The van der Waals surface area contributed by atoms with Gasteiger partial charge < -0.3 is 5.32 Å². The Morgan fingerprint density at radius 2 is 1.76 bits per heavy atom. The Hall–Kier alpha value is -2.73. The highest BCUT2D eigenvalue weighted by atomic mass is 35.5. The van der Waals surface area contributed by atoms with Gasteiger partial charge in [0.15, 0.2) is 0 Å². The van der Waals surface area contributed by atoms with Gasteiger partial charge in [-0.1, -0.05) is 35.9 Å². The number of halogens is 1. The minimum atomic E-state index is -0.195. The first-order valence-electron chi connectivity index (χ1n) is 9.04. The van der Waals surface area contributed by atoms with Crippen LogP contribution in [0, 0.1) is 6.92 Å². The summed E-state index contributed by atoms with van der Waals surface area (Å²) in [7, 11) is 0. The van der Waals surface area contributed by atoms with E-state index in [-0.39, 0.29) is 5.91 Å². The van der Waals surface area contributed by atoms with Crippen molar-refractivity contribution in [3.8, 4) is 10.6 Å². The molecule has 1 amide bonds. The van der Waals surface area contributed by atoms with Gasteiger partial charge in [-0.25, -0.2) is 4.98 Å². The average Bonchev–Trinajstić information content (AvgIpc) is 3.30. The van der Waals surface area contributed by atoms with Crippen molar-refractivity contribution in [1.82, 2.24) is 4.98 Å². The van der Waals surface area contributed by atoms with Crippen LogP contribution in [0.2, 0.25) is 5.02 Å². The summed E-state index contributed by atoms with van der Waals surface area (Å²) in [5, 5.41) is 5.32. The van der Waals surface area contributed by atoms with E-state index >= 15 is 0 Å². The lowest BCUT2D eigenvalue weighted by Crippen LogP contribution is -2.10. The minimum absolute atomic E-state index is 0.195. The monoisotopic (exact) mass is 434 g/mol. The SMILES string of the molecule is Cc1ccc2nc(-c3ccc(NC(=O)c4sc5ccccc5c4Cl)cc3)sc2c1. The smallest absolute Gasteiger partial charge is 0.267 e. The number of anilines is 1. The second kappa shape index (κ2) is 7.26. The zero-order valence-corrected chi connectivity index (χ0v) is 17.8. The first-order chi connectivity index (χ1) is 14.1. The summed E-state index contributed by atoms with van der Waals surface area (Å²) in [6, 6.07) is 21.8. The summed E-state index contributed by atoms with van der Waals surface area (Å²) in [5.74, 6) is -0.195. The highest BCUT2D eigenvalue weighted by Gasteiger charge is 2.17. The lowest BCUT2D eigenvalue weighted by Gasteiger charge is -2.05. The van der Waals surface area contributed by atoms with Crippen LogP contribution in [-0.4, -0.2) is 10.9 Å². The van der Waals surface area contributed by atoms with E-state index < -0.39 is 0 Å². The van der Waals surface area contributed by atoms with Crippen LogP contribution in [0.5, 0.6) is 0 Å². The van der Waals surface area contributed by atoms with Crippen LogP contribution in [0.4, 0.5) is 5.69 Å². The molecule has 29 heavy (non-hydrogen) atoms. The van der Waals surface area contributed by atoms with Crippen LogP contribution in [-0.2, 0) is 0 Å². The minimum Gasteiger partial charge on any atom is -0.321 e. The van der Waals surface area contributed by atoms with E-state index in [1.54, 1.807) is 11.3 Å². The molecule has 0 bridgehead atoms. The molecule has 2 aromatic heterocycles. The van der Waals surface area contributed by atoms with E-state index in [0.717, 1.165) is 31.9 Å². The third kappa shape index (κ3) is 3.42. The van der Waals surface area contributed by atoms with Gasteiger partial charge in [0, 0.05) is 21.3 Å². The molecular formula is C23H15ClN2OS2. The summed E-state index contributed by atoms with van der Waals surface area (Å²) in [4.78, 5) is 18.0. The summed E-state index contributed by atoms with van der Waals surface area (Å²) in [6.07, 6.45) is 0. The van der Waals surface area contributed by atoms with Crippen molar-refractivity contribution in [3.05, 3.63) is 82.2 Å². The summed E-state index contributed by atoms with van der Waals surface area (Å²) in [5.41, 5.74) is 3.99. The molecule has 142 valence electrons. The number of nitrogens with zero attached hydrogens (tertiary/aromatic N) is 1. The Balaban J connectivity index is 1.39. The van der Waals surface area contributed by atoms with Crippen LogP contribution in [0.15, 0.2) is 66.7 Å². The largest absolute Gasteiger partial charge is 0.321 e. The Morgan fingerprint density at radius 1 is 0.966 bits per heavy atom. The molecule has 0 radical (unpaired) electrons. The number of hydrogen-bond donors (Lipinski definition) is 1. The summed E-state index contributed by atoms with van der Waals surface area (Å²) >= 11 is 9.49. The maximum absolute atomic E-state index is 12.7. The number of aromatic nitrogens is 1. The predicted octanol–water partition coefficient (Wildman–Crippen LogP) is 7.39. The number of rotatable bonds is 3. The number of thiazole rings is 1. The number of hydrogen-bond acceptors (Lipinski definition) is 4. The normalized spacial score (nSPS) is 11.2. The maximum atomic E-state index is 12.7. The Labute approximate surface area is 180 Å². The van der Waals surface area contributed by atoms with E-state index in [4.69, 9.17) is 16.6 Å². The van der Waals surface area contributed by atoms with E-state index in [9.17, 15) is 4.79 Å². The standard InChI is InChI=1S/C23H15ClN2OS2/c1-13-6-11-17-19(12-13)29-23(26-17)14-7-9-15(10-8-14)25-22(27)21-20(24)16-4-2-3-5-18(16)28-21/h2-12H,1H3,(H,25,27). The molecule has 0 saturated carbocycles. The third-order valence-electron chi connectivity index (χ3n) is 4.67. The van der Waals surface area contributed by atoms with Gasteiger partial charge in [0.2, 0.25) is 0 Å². The highest BCUT2D eigenvalue weighted by molar-refractivity contribution is 7.22. The number of amides is 1. The van der Waals surface area contributed by atoms with Crippen molar-refractivity contribution >= 4 is 66.2 Å². The van der Waals surface area contributed by atoms with Crippen LogP contribution in [0.1, 0.15) is 15.2 Å². The number of carbonyl (C=O) groups excluding carboxylic acids is 1. The summed E-state index contributed by atoms with van der Waals surface area (Å²) in [6.45, 7) is 2.08. The molecule has 0 fully saturated rings. The lowest BCUT2D eigenvalue weighted by molar-refractivity contribution is 0.103. The van der Waals surface area contributed by atoms with Crippen molar-refractivity contribution in [2.75, 3.05) is 5.32 Å². The molecule has 0 atom stereocenters. The zero-order chi connectivity index (χ0) is 20.0. The number of carbonyl (C=O) groups is 1. The second-order valence-electron chi connectivity index (χ2n) is 6.76. The number of aryl methyl sites for hydroxylation is 1. The fourth-order valence-electron chi connectivity index (χ4n) is 3.20. The number of thiophene rings is 1.